The fraction of sp³-hybridized carbons (Fsp3) is 0.579. The van der Waals surface area contributed by atoms with Gasteiger partial charge in [-0.05, 0) is 31.0 Å². The van der Waals surface area contributed by atoms with Crippen molar-refractivity contribution in [3.63, 3.8) is 0 Å². The number of methoxy groups -OCH3 is 1. The van der Waals surface area contributed by atoms with Crippen LogP contribution in [0.5, 0.6) is 11.5 Å². The lowest BCUT2D eigenvalue weighted by Gasteiger charge is -2.19. The Bertz CT molecular complexity index is 633. The zero-order valence-electron chi connectivity index (χ0n) is 16.2. The molecule has 0 saturated carbocycles. The van der Waals surface area contributed by atoms with Gasteiger partial charge in [0, 0.05) is 39.1 Å². The van der Waals surface area contributed by atoms with Gasteiger partial charge in [0.15, 0.2) is 17.5 Å². The minimum absolute atomic E-state index is 0.207. The first kappa shape index (κ1) is 19.9. The van der Waals surface area contributed by atoms with Gasteiger partial charge < -0.3 is 25.0 Å². The van der Waals surface area contributed by atoms with Crippen LogP contribution in [0.4, 0.5) is 0 Å². The molecule has 1 amide bonds. The van der Waals surface area contributed by atoms with Crippen molar-refractivity contribution in [2.45, 2.75) is 39.3 Å². The third-order valence-electron chi connectivity index (χ3n) is 4.40. The lowest BCUT2D eigenvalue weighted by Crippen LogP contribution is -2.44. The molecule has 1 aliphatic rings. The number of carbonyl (C=O) groups is 1. The van der Waals surface area contributed by atoms with Gasteiger partial charge in [-0.1, -0.05) is 13.0 Å². The van der Waals surface area contributed by atoms with Gasteiger partial charge in [-0.15, -0.1) is 0 Å². The summed E-state index contributed by atoms with van der Waals surface area (Å²) in [7, 11) is 3.38. The Morgan fingerprint density at radius 1 is 1.35 bits per heavy atom. The summed E-state index contributed by atoms with van der Waals surface area (Å²) >= 11 is 0. The van der Waals surface area contributed by atoms with E-state index < -0.39 is 0 Å². The minimum Gasteiger partial charge on any atom is -0.493 e. The monoisotopic (exact) mass is 362 g/mol. The maximum Gasteiger partial charge on any atom is 0.222 e. The largest absolute Gasteiger partial charge is 0.493 e. The van der Waals surface area contributed by atoms with Crippen molar-refractivity contribution in [2.24, 2.45) is 4.99 Å². The van der Waals surface area contributed by atoms with E-state index in [1.54, 1.807) is 14.2 Å². The van der Waals surface area contributed by atoms with Crippen LogP contribution in [0.2, 0.25) is 0 Å². The smallest absolute Gasteiger partial charge is 0.222 e. The molecule has 1 fully saturated rings. The second-order valence-corrected chi connectivity index (χ2v) is 6.17. The number of aliphatic imine (C=N–C) groups is 1. The molecule has 26 heavy (non-hydrogen) atoms. The van der Waals surface area contributed by atoms with Crippen LogP contribution in [0.3, 0.4) is 0 Å². The van der Waals surface area contributed by atoms with Crippen LogP contribution in [-0.2, 0) is 11.3 Å². The SMILES string of the molecule is CCOc1cc(CNC(=NC)NC2CCN(C(=O)CC)C2)ccc1OC. The number of amides is 1. The summed E-state index contributed by atoms with van der Waals surface area (Å²) in [6, 6.07) is 6.11. The first-order valence-electron chi connectivity index (χ1n) is 9.15. The Balaban J connectivity index is 1.89. The summed E-state index contributed by atoms with van der Waals surface area (Å²) < 4.78 is 10.9. The number of nitrogens with one attached hydrogen (secondary N) is 2. The quantitative estimate of drug-likeness (QED) is 0.571. The normalized spacial score (nSPS) is 17.2. The Morgan fingerprint density at radius 2 is 2.15 bits per heavy atom. The summed E-state index contributed by atoms with van der Waals surface area (Å²) in [6.07, 6.45) is 1.49. The van der Waals surface area contributed by atoms with Crippen LogP contribution in [0.15, 0.2) is 23.2 Å². The number of carbonyl (C=O) groups excluding carboxylic acids is 1. The highest BCUT2D eigenvalue weighted by molar-refractivity contribution is 5.80. The molecular weight excluding hydrogens is 332 g/mol. The molecule has 1 saturated heterocycles. The zero-order valence-corrected chi connectivity index (χ0v) is 16.2. The molecule has 0 aromatic heterocycles. The number of nitrogens with zero attached hydrogens (tertiary/aromatic N) is 2. The van der Waals surface area contributed by atoms with Crippen LogP contribution in [0.25, 0.3) is 0 Å². The molecular formula is C19H30N4O3. The van der Waals surface area contributed by atoms with Crippen molar-refractivity contribution in [1.82, 2.24) is 15.5 Å². The van der Waals surface area contributed by atoms with Crippen molar-refractivity contribution >= 4 is 11.9 Å². The average Bonchev–Trinajstić information content (AvgIpc) is 3.13. The maximum absolute atomic E-state index is 11.8. The van der Waals surface area contributed by atoms with Crippen LogP contribution in [0, 0.1) is 0 Å². The van der Waals surface area contributed by atoms with Gasteiger partial charge in [-0.2, -0.15) is 0 Å². The molecule has 0 radical (unpaired) electrons. The Morgan fingerprint density at radius 3 is 2.81 bits per heavy atom. The second kappa shape index (κ2) is 9.89. The van der Waals surface area contributed by atoms with E-state index in [0.717, 1.165) is 42.5 Å². The van der Waals surface area contributed by atoms with Gasteiger partial charge in [0.1, 0.15) is 0 Å². The fourth-order valence-corrected chi connectivity index (χ4v) is 3.00. The lowest BCUT2D eigenvalue weighted by atomic mass is 10.2. The highest BCUT2D eigenvalue weighted by Gasteiger charge is 2.25. The standard InChI is InChI=1S/C19H30N4O3/c1-5-18(24)23-10-9-15(13-23)22-19(20-3)21-12-14-7-8-16(25-4)17(11-14)26-6-2/h7-8,11,15H,5-6,9-10,12-13H2,1-4H3,(H2,20,21,22). The minimum atomic E-state index is 0.207. The molecule has 1 aromatic rings. The van der Waals surface area contributed by atoms with E-state index in [4.69, 9.17) is 9.47 Å². The number of benzene rings is 1. The summed E-state index contributed by atoms with van der Waals surface area (Å²) in [5.74, 6) is 2.40. The maximum atomic E-state index is 11.8. The topological polar surface area (TPSA) is 75.2 Å². The van der Waals surface area contributed by atoms with Crippen LogP contribution in [-0.4, -0.2) is 56.7 Å². The molecule has 1 atom stereocenters. The Kier molecular flexibility index (Phi) is 7.56. The zero-order chi connectivity index (χ0) is 18.9. The van der Waals surface area contributed by atoms with Crippen molar-refractivity contribution in [1.29, 1.82) is 0 Å². The molecule has 1 aliphatic heterocycles. The molecule has 7 nitrogen and oxygen atoms in total. The molecule has 0 bridgehead atoms. The van der Waals surface area contributed by atoms with Crippen LogP contribution >= 0.6 is 0 Å². The van der Waals surface area contributed by atoms with Crippen LogP contribution in [0.1, 0.15) is 32.3 Å². The van der Waals surface area contributed by atoms with E-state index in [2.05, 4.69) is 15.6 Å². The number of guanidine groups is 1. The summed E-state index contributed by atoms with van der Waals surface area (Å²) in [5.41, 5.74) is 1.08. The van der Waals surface area contributed by atoms with Crippen molar-refractivity contribution in [2.75, 3.05) is 33.9 Å². The Labute approximate surface area is 155 Å². The molecule has 0 spiro atoms. The van der Waals surface area contributed by atoms with Crippen molar-refractivity contribution in [3.8, 4) is 11.5 Å². The van der Waals surface area contributed by atoms with E-state index in [0.29, 0.717) is 19.6 Å². The highest BCUT2D eigenvalue weighted by Crippen LogP contribution is 2.27. The fourth-order valence-electron chi connectivity index (χ4n) is 3.00. The third-order valence-corrected chi connectivity index (χ3v) is 4.40. The molecule has 7 heteroatoms. The highest BCUT2D eigenvalue weighted by atomic mass is 16.5. The summed E-state index contributed by atoms with van der Waals surface area (Å²) in [5, 5.41) is 6.71. The molecule has 1 heterocycles. The van der Waals surface area contributed by atoms with Gasteiger partial charge >= 0.3 is 0 Å². The molecule has 2 N–H and O–H groups in total. The van der Waals surface area contributed by atoms with E-state index in [1.807, 2.05) is 36.9 Å². The van der Waals surface area contributed by atoms with Gasteiger partial charge in [0.25, 0.3) is 0 Å². The third kappa shape index (κ3) is 5.28. The Hall–Kier alpha value is -2.44. The molecule has 1 unspecified atom stereocenters. The number of likely N-dealkylation sites (tertiary alicyclic amines) is 1. The summed E-state index contributed by atoms with van der Waals surface area (Å²) in [4.78, 5) is 18.0. The predicted molar refractivity (Wildman–Crippen MR) is 103 cm³/mol. The van der Waals surface area contributed by atoms with Crippen molar-refractivity contribution in [3.05, 3.63) is 23.8 Å². The lowest BCUT2D eigenvalue weighted by molar-refractivity contribution is -0.129. The predicted octanol–water partition coefficient (Wildman–Crippen LogP) is 1.77. The van der Waals surface area contributed by atoms with E-state index in [9.17, 15) is 4.79 Å². The van der Waals surface area contributed by atoms with Crippen LogP contribution < -0.4 is 20.1 Å². The average molecular weight is 362 g/mol. The van der Waals surface area contributed by atoms with Gasteiger partial charge in [-0.25, -0.2) is 0 Å². The number of ether oxygens (including phenoxy) is 2. The number of hydrogen-bond acceptors (Lipinski definition) is 4. The molecule has 2 rings (SSSR count). The van der Waals surface area contributed by atoms with Gasteiger partial charge in [0.2, 0.25) is 5.91 Å². The van der Waals surface area contributed by atoms with E-state index in [-0.39, 0.29) is 11.9 Å². The molecule has 1 aromatic carbocycles. The molecule has 0 aliphatic carbocycles. The first-order chi connectivity index (χ1) is 12.6. The number of hydrogen-bond donors (Lipinski definition) is 2. The number of rotatable bonds is 7. The van der Waals surface area contributed by atoms with Crippen molar-refractivity contribution < 1.29 is 14.3 Å². The van der Waals surface area contributed by atoms with E-state index >= 15 is 0 Å². The second-order valence-electron chi connectivity index (χ2n) is 6.17. The van der Waals surface area contributed by atoms with E-state index in [1.165, 1.54) is 0 Å². The van der Waals surface area contributed by atoms with Gasteiger partial charge in [0.05, 0.1) is 13.7 Å². The molecule has 144 valence electrons. The van der Waals surface area contributed by atoms with Gasteiger partial charge in [-0.3, -0.25) is 9.79 Å². The first-order valence-corrected chi connectivity index (χ1v) is 9.15. The summed E-state index contributed by atoms with van der Waals surface area (Å²) in [6.45, 7) is 6.58.